The molecule has 2 unspecified atom stereocenters. The Balaban J connectivity index is 1.05. The molecule has 2 atom stereocenters. The second-order valence-corrected chi connectivity index (χ2v) is 17.9. The highest BCUT2D eigenvalue weighted by Gasteiger charge is 2.44. The van der Waals surface area contributed by atoms with Crippen molar-refractivity contribution in [3.8, 4) is 55.6 Å². The molecule has 0 saturated heterocycles. The largest absolute Gasteiger partial charge is 0.310 e. The highest BCUT2D eigenvalue weighted by molar-refractivity contribution is 5.97. The number of anilines is 3. The maximum absolute atomic E-state index is 2.51. The van der Waals surface area contributed by atoms with Crippen LogP contribution in [0, 0.1) is 0 Å². The lowest BCUT2D eigenvalue weighted by Gasteiger charge is -2.31. The summed E-state index contributed by atoms with van der Waals surface area (Å²) in [4.78, 5) is 2.51. The standard InChI is InChI=1S/C64H47N/c1-63(48-24-11-5-12-25-48)57-30-17-15-28-53(57)56-43-51(39-41-59(56)63)65(61-33-19-32-60-62(61)54-29-16-18-31-58(54)64(60,2)49-26-13-6-14-27-49)50-37-34-44(35-38-50)47-36-40-52(45-20-7-3-8-21-45)55(42-47)46-22-9-4-10-23-46/h3-43H,1-2H3. The quantitative estimate of drug-likeness (QED) is 0.147. The van der Waals surface area contributed by atoms with E-state index in [1.807, 2.05) is 0 Å². The molecular weight excluding hydrogens is 783 g/mol. The molecule has 2 aliphatic carbocycles. The monoisotopic (exact) mass is 829 g/mol. The van der Waals surface area contributed by atoms with Crippen molar-refractivity contribution in [3.05, 3.63) is 282 Å². The SMILES string of the molecule is CC1(c2ccccc2)c2ccccc2-c2cc(N(c3ccc(-c4ccc(-c5ccccc5)c(-c5ccccc5)c4)cc3)c3cccc4c3-c3ccccc3C4(C)c3ccccc3)ccc21. The number of hydrogen-bond acceptors (Lipinski definition) is 1. The van der Waals surface area contributed by atoms with E-state index in [-0.39, 0.29) is 10.8 Å². The first kappa shape index (κ1) is 38.7. The van der Waals surface area contributed by atoms with Gasteiger partial charge >= 0.3 is 0 Å². The second-order valence-electron chi connectivity index (χ2n) is 17.9. The molecular formula is C64H47N. The van der Waals surface area contributed by atoms with E-state index in [4.69, 9.17) is 0 Å². The van der Waals surface area contributed by atoms with Crippen molar-refractivity contribution in [3.63, 3.8) is 0 Å². The Morgan fingerprint density at radius 3 is 1.40 bits per heavy atom. The van der Waals surface area contributed by atoms with Crippen LogP contribution in [-0.4, -0.2) is 0 Å². The number of rotatable bonds is 8. The maximum Gasteiger partial charge on any atom is 0.0543 e. The van der Waals surface area contributed by atoms with Gasteiger partial charge < -0.3 is 4.90 Å². The van der Waals surface area contributed by atoms with E-state index in [0.717, 1.165) is 17.1 Å². The Morgan fingerprint density at radius 1 is 0.277 bits per heavy atom. The van der Waals surface area contributed by atoms with Gasteiger partial charge in [-0.1, -0.05) is 212 Å². The van der Waals surface area contributed by atoms with Crippen molar-refractivity contribution in [1.29, 1.82) is 0 Å². The highest BCUT2D eigenvalue weighted by Crippen LogP contribution is 2.58. The van der Waals surface area contributed by atoms with Gasteiger partial charge in [0.15, 0.2) is 0 Å². The molecule has 0 amide bonds. The Labute approximate surface area is 382 Å². The molecule has 0 saturated carbocycles. The van der Waals surface area contributed by atoms with Crippen LogP contribution in [0.25, 0.3) is 55.6 Å². The molecule has 10 aromatic carbocycles. The summed E-state index contributed by atoms with van der Waals surface area (Å²) in [6.45, 7) is 4.80. The normalized spacial score (nSPS) is 16.6. The van der Waals surface area contributed by atoms with E-state index in [0.29, 0.717) is 0 Å². The first-order valence-electron chi connectivity index (χ1n) is 22.8. The van der Waals surface area contributed by atoms with E-state index >= 15 is 0 Å². The van der Waals surface area contributed by atoms with Crippen molar-refractivity contribution < 1.29 is 0 Å². The molecule has 2 aliphatic rings. The molecule has 0 aliphatic heterocycles. The third-order valence-electron chi connectivity index (χ3n) is 14.5. The fraction of sp³-hybridized carbons (Fsp3) is 0.0625. The van der Waals surface area contributed by atoms with Crippen LogP contribution in [0.5, 0.6) is 0 Å². The molecule has 0 N–H and O–H groups in total. The van der Waals surface area contributed by atoms with Gasteiger partial charge in [-0.15, -0.1) is 0 Å². The molecule has 0 radical (unpaired) electrons. The summed E-state index contributed by atoms with van der Waals surface area (Å²) in [7, 11) is 0. The third-order valence-corrected chi connectivity index (χ3v) is 14.5. The number of benzene rings is 10. The minimum Gasteiger partial charge on any atom is -0.310 e. The lowest BCUT2D eigenvalue weighted by atomic mass is 9.74. The van der Waals surface area contributed by atoms with Gasteiger partial charge in [0.1, 0.15) is 0 Å². The summed E-state index contributed by atoms with van der Waals surface area (Å²) in [5.74, 6) is 0. The summed E-state index contributed by atoms with van der Waals surface area (Å²) in [6, 6.07) is 91.8. The van der Waals surface area contributed by atoms with Crippen molar-refractivity contribution >= 4 is 17.1 Å². The molecule has 0 bridgehead atoms. The Bertz CT molecular complexity index is 3370. The van der Waals surface area contributed by atoms with E-state index in [2.05, 4.69) is 267 Å². The fourth-order valence-electron chi connectivity index (χ4n) is 11.2. The van der Waals surface area contributed by atoms with Crippen molar-refractivity contribution in [2.24, 2.45) is 0 Å². The zero-order chi connectivity index (χ0) is 43.5. The van der Waals surface area contributed by atoms with Gasteiger partial charge in [-0.3, -0.25) is 0 Å². The van der Waals surface area contributed by atoms with Crippen molar-refractivity contribution in [2.75, 3.05) is 4.90 Å². The second kappa shape index (κ2) is 15.4. The van der Waals surface area contributed by atoms with Gasteiger partial charge in [0.2, 0.25) is 0 Å². The maximum atomic E-state index is 2.51. The zero-order valence-electron chi connectivity index (χ0n) is 36.6. The number of fused-ring (bicyclic) bond motifs is 6. The number of nitrogens with zero attached hydrogens (tertiary/aromatic N) is 1. The Kier molecular flexibility index (Phi) is 9.14. The zero-order valence-corrected chi connectivity index (χ0v) is 36.6. The average molecular weight is 830 g/mol. The first-order valence-corrected chi connectivity index (χ1v) is 22.8. The lowest BCUT2D eigenvalue weighted by molar-refractivity contribution is 0.713. The van der Waals surface area contributed by atoms with Crippen LogP contribution in [-0.2, 0) is 10.8 Å². The van der Waals surface area contributed by atoms with Gasteiger partial charge in [-0.25, -0.2) is 0 Å². The molecule has 0 spiro atoms. The minimum absolute atomic E-state index is 0.280. The predicted octanol–water partition coefficient (Wildman–Crippen LogP) is 16.8. The summed E-state index contributed by atoms with van der Waals surface area (Å²) in [5.41, 5.74) is 23.1. The molecule has 1 nitrogen and oxygen atoms in total. The summed E-state index contributed by atoms with van der Waals surface area (Å²) < 4.78 is 0. The average Bonchev–Trinajstić information content (AvgIpc) is 3.81. The number of hydrogen-bond donors (Lipinski definition) is 0. The first-order chi connectivity index (χ1) is 32.0. The van der Waals surface area contributed by atoms with Gasteiger partial charge in [-0.05, 0) is 134 Å². The fourth-order valence-corrected chi connectivity index (χ4v) is 11.2. The summed E-state index contributed by atoms with van der Waals surface area (Å²) in [5, 5.41) is 0. The molecule has 10 aromatic rings. The van der Waals surface area contributed by atoms with E-state index < -0.39 is 0 Å². The molecule has 0 aromatic heterocycles. The van der Waals surface area contributed by atoms with Crippen LogP contribution < -0.4 is 4.90 Å². The minimum atomic E-state index is -0.324. The van der Waals surface area contributed by atoms with E-state index in [9.17, 15) is 0 Å². The smallest absolute Gasteiger partial charge is 0.0543 e. The van der Waals surface area contributed by atoms with Gasteiger partial charge in [-0.2, -0.15) is 0 Å². The van der Waals surface area contributed by atoms with Crippen LogP contribution >= 0.6 is 0 Å². The van der Waals surface area contributed by atoms with Gasteiger partial charge in [0, 0.05) is 27.8 Å². The van der Waals surface area contributed by atoms with Crippen LogP contribution in [0.3, 0.4) is 0 Å². The van der Waals surface area contributed by atoms with Gasteiger partial charge in [0.05, 0.1) is 5.69 Å². The molecule has 1 heteroatoms. The third kappa shape index (κ3) is 6.07. The molecule has 65 heavy (non-hydrogen) atoms. The summed E-state index contributed by atoms with van der Waals surface area (Å²) >= 11 is 0. The topological polar surface area (TPSA) is 3.24 Å². The van der Waals surface area contributed by atoms with Crippen LogP contribution in [0.15, 0.2) is 249 Å². The molecule has 12 rings (SSSR count). The van der Waals surface area contributed by atoms with Crippen molar-refractivity contribution in [1.82, 2.24) is 0 Å². The summed E-state index contributed by atoms with van der Waals surface area (Å²) in [6.07, 6.45) is 0. The van der Waals surface area contributed by atoms with Crippen LogP contribution in [0.4, 0.5) is 17.1 Å². The van der Waals surface area contributed by atoms with Crippen molar-refractivity contribution in [2.45, 2.75) is 24.7 Å². The van der Waals surface area contributed by atoms with E-state index in [1.165, 1.54) is 89.0 Å². The Hall–Kier alpha value is -8.00. The van der Waals surface area contributed by atoms with Gasteiger partial charge in [0.25, 0.3) is 0 Å². The lowest BCUT2D eigenvalue weighted by Crippen LogP contribution is -2.22. The predicted molar refractivity (Wildman–Crippen MR) is 272 cm³/mol. The Morgan fingerprint density at radius 2 is 0.754 bits per heavy atom. The molecule has 0 fully saturated rings. The molecule has 308 valence electrons. The van der Waals surface area contributed by atoms with Crippen LogP contribution in [0.1, 0.15) is 47.2 Å². The highest BCUT2D eigenvalue weighted by atomic mass is 15.1. The van der Waals surface area contributed by atoms with Crippen LogP contribution in [0.2, 0.25) is 0 Å². The molecule has 0 heterocycles. The van der Waals surface area contributed by atoms with E-state index in [1.54, 1.807) is 0 Å².